The van der Waals surface area contributed by atoms with E-state index >= 15 is 0 Å². The van der Waals surface area contributed by atoms with Crippen LogP contribution in [0.3, 0.4) is 0 Å². The highest BCUT2D eigenvalue weighted by Gasteiger charge is 2.05. The first kappa shape index (κ1) is 13.9. The van der Waals surface area contributed by atoms with Crippen molar-refractivity contribution >= 4 is 22.7 Å². The number of hydrogen-bond acceptors (Lipinski definition) is 4. The minimum absolute atomic E-state index is 0.256. The second kappa shape index (κ2) is 6.13. The van der Waals surface area contributed by atoms with E-state index in [4.69, 9.17) is 0 Å². The zero-order valence-corrected chi connectivity index (χ0v) is 12.0. The van der Waals surface area contributed by atoms with Gasteiger partial charge in [0.1, 0.15) is 5.69 Å². The monoisotopic (exact) mass is 290 g/mol. The molecule has 22 heavy (non-hydrogen) atoms. The Morgan fingerprint density at radius 1 is 1.00 bits per heavy atom. The second-order valence-corrected chi connectivity index (χ2v) is 4.75. The summed E-state index contributed by atoms with van der Waals surface area (Å²) in [5.41, 5.74) is 5.94. The molecular weight excluding hydrogens is 276 g/mol. The molecule has 1 amide bonds. The SMILES string of the molecule is CC(=NNC(=O)c1ccccc1)c1cnc2ccccc2n1. The molecule has 1 heterocycles. The van der Waals surface area contributed by atoms with Gasteiger partial charge in [-0.25, -0.2) is 10.4 Å². The number of carbonyl (C=O) groups is 1. The molecule has 0 atom stereocenters. The quantitative estimate of drug-likeness (QED) is 0.596. The van der Waals surface area contributed by atoms with Crippen molar-refractivity contribution < 1.29 is 4.79 Å². The Bertz CT molecular complexity index is 843. The van der Waals surface area contributed by atoms with E-state index < -0.39 is 0 Å². The third-order valence-electron chi connectivity index (χ3n) is 3.18. The standard InChI is InChI=1S/C17H14N4O/c1-12(20-21-17(22)13-7-3-2-4-8-13)16-11-18-14-9-5-6-10-15(14)19-16/h2-11H,1H3,(H,21,22). The van der Waals surface area contributed by atoms with Crippen LogP contribution in [-0.2, 0) is 0 Å². The molecule has 0 bridgehead atoms. The smallest absolute Gasteiger partial charge is 0.267 e. The Kier molecular flexibility index (Phi) is 3.87. The summed E-state index contributed by atoms with van der Waals surface area (Å²) in [5, 5.41) is 4.09. The van der Waals surface area contributed by atoms with Gasteiger partial charge in [0, 0.05) is 5.56 Å². The highest BCUT2D eigenvalue weighted by Crippen LogP contribution is 2.09. The normalized spacial score (nSPS) is 11.4. The van der Waals surface area contributed by atoms with Crippen molar-refractivity contribution in [3.63, 3.8) is 0 Å². The van der Waals surface area contributed by atoms with Gasteiger partial charge in [-0.1, -0.05) is 30.3 Å². The maximum atomic E-state index is 11.9. The van der Waals surface area contributed by atoms with Gasteiger partial charge in [0.15, 0.2) is 0 Å². The molecule has 2 aromatic carbocycles. The Hall–Kier alpha value is -3.08. The van der Waals surface area contributed by atoms with Crippen LogP contribution >= 0.6 is 0 Å². The van der Waals surface area contributed by atoms with Crippen molar-refractivity contribution in [1.29, 1.82) is 0 Å². The van der Waals surface area contributed by atoms with Crippen LogP contribution < -0.4 is 5.43 Å². The van der Waals surface area contributed by atoms with E-state index in [0.717, 1.165) is 11.0 Å². The molecule has 1 aromatic heterocycles. The van der Waals surface area contributed by atoms with E-state index in [1.54, 1.807) is 37.4 Å². The fraction of sp³-hybridized carbons (Fsp3) is 0.0588. The molecule has 0 radical (unpaired) electrons. The molecule has 0 saturated carbocycles. The molecular formula is C17H14N4O. The van der Waals surface area contributed by atoms with Crippen LogP contribution in [0.5, 0.6) is 0 Å². The molecule has 0 unspecified atom stereocenters. The Morgan fingerprint density at radius 3 is 2.45 bits per heavy atom. The van der Waals surface area contributed by atoms with Crippen LogP contribution in [-0.4, -0.2) is 21.6 Å². The summed E-state index contributed by atoms with van der Waals surface area (Å²) in [7, 11) is 0. The van der Waals surface area contributed by atoms with E-state index in [-0.39, 0.29) is 5.91 Å². The average Bonchev–Trinajstić information content (AvgIpc) is 2.59. The van der Waals surface area contributed by atoms with Gasteiger partial charge in [-0.05, 0) is 31.2 Å². The van der Waals surface area contributed by atoms with Crippen LogP contribution in [0, 0.1) is 0 Å². The van der Waals surface area contributed by atoms with Gasteiger partial charge in [0.05, 0.1) is 22.9 Å². The summed E-state index contributed by atoms with van der Waals surface area (Å²) in [6, 6.07) is 16.5. The lowest BCUT2D eigenvalue weighted by Crippen LogP contribution is -2.19. The van der Waals surface area contributed by atoms with E-state index in [0.29, 0.717) is 17.0 Å². The largest absolute Gasteiger partial charge is 0.271 e. The van der Waals surface area contributed by atoms with Gasteiger partial charge in [-0.2, -0.15) is 5.10 Å². The maximum Gasteiger partial charge on any atom is 0.271 e. The number of hydrogen-bond donors (Lipinski definition) is 1. The zero-order valence-electron chi connectivity index (χ0n) is 12.0. The van der Waals surface area contributed by atoms with Crippen LogP contribution in [0.2, 0.25) is 0 Å². The van der Waals surface area contributed by atoms with Crippen molar-refractivity contribution in [2.45, 2.75) is 6.92 Å². The molecule has 1 N–H and O–H groups in total. The molecule has 3 aromatic rings. The summed E-state index contributed by atoms with van der Waals surface area (Å²) in [6.45, 7) is 1.78. The summed E-state index contributed by atoms with van der Waals surface area (Å²) < 4.78 is 0. The minimum atomic E-state index is -0.256. The lowest BCUT2D eigenvalue weighted by atomic mass is 10.2. The number of nitrogens with one attached hydrogen (secondary N) is 1. The van der Waals surface area contributed by atoms with E-state index in [2.05, 4.69) is 20.5 Å². The predicted octanol–water partition coefficient (Wildman–Crippen LogP) is 2.78. The molecule has 0 saturated heterocycles. The van der Waals surface area contributed by atoms with Crippen molar-refractivity contribution in [2.75, 3.05) is 0 Å². The number of para-hydroxylation sites is 2. The molecule has 0 fully saturated rings. The number of benzene rings is 2. The first-order valence-corrected chi connectivity index (χ1v) is 6.86. The van der Waals surface area contributed by atoms with Crippen molar-refractivity contribution in [1.82, 2.24) is 15.4 Å². The topological polar surface area (TPSA) is 67.2 Å². The highest BCUT2D eigenvalue weighted by molar-refractivity contribution is 6.00. The third kappa shape index (κ3) is 2.98. The van der Waals surface area contributed by atoms with E-state index in [1.165, 1.54) is 0 Å². The predicted molar refractivity (Wildman–Crippen MR) is 85.7 cm³/mol. The molecule has 0 spiro atoms. The van der Waals surface area contributed by atoms with Crippen molar-refractivity contribution in [3.8, 4) is 0 Å². The zero-order chi connectivity index (χ0) is 15.4. The number of nitrogens with zero attached hydrogens (tertiary/aromatic N) is 3. The van der Waals surface area contributed by atoms with Gasteiger partial charge in [-0.15, -0.1) is 0 Å². The summed E-state index contributed by atoms with van der Waals surface area (Å²) in [4.78, 5) is 20.8. The Morgan fingerprint density at radius 2 is 1.68 bits per heavy atom. The Labute approximate surface area is 127 Å². The number of amides is 1. The lowest BCUT2D eigenvalue weighted by Gasteiger charge is -2.03. The molecule has 108 valence electrons. The van der Waals surface area contributed by atoms with Gasteiger partial charge in [0.2, 0.25) is 0 Å². The number of fused-ring (bicyclic) bond motifs is 1. The van der Waals surface area contributed by atoms with Crippen LogP contribution in [0.15, 0.2) is 65.9 Å². The number of carbonyl (C=O) groups excluding carboxylic acids is 1. The first-order valence-electron chi connectivity index (χ1n) is 6.86. The van der Waals surface area contributed by atoms with Gasteiger partial charge < -0.3 is 0 Å². The number of rotatable bonds is 3. The van der Waals surface area contributed by atoms with Gasteiger partial charge in [-0.3, -0.25) is 9.78 Å². The van der Waals surface area contributed by atoms with E-state index in [9.17, 15) is 4.79 Å². The minimum Gasteiger partial charge on any atom is -0.267 e. The number of hydrazone groups is 1. The average molecular weight is 290 g/mol. The van der Waals surface area contributed by atoms with Crippen LogP contribution in [0.4, 0.5) is 0 Å². The second-order valence-electron chi connectivity index (χ2n) is 4.75. The molecule has 0 aliphatic rings. The fourth-order valence-corrected chi connectivity index (χ4v) is 1.98. The fourth-order valence-electron chi connectivity index (χ4n) is 1.98. The van der Waals surface area contributed by atoms with Crippen LogP contribution in [0.25, 0.3) is 11.0 Å². The van der Waals surface area contributed by atoms with Crippen molar-refractivity contribution in [2.24, 2.45) is 5.10 Å². The molecule has 5 nitrogen and oxygen atoms in total. The molecule has 5 heteroatoms. The summed E-state index contributed by atoms with van der Waals surface area (Å²) >= 11 is 0. The molecule has 3 rings (SSSR count). The first-order chi connectivity index (χ1) is 10.7. The summed E-state index contributed by atoms with van der Waals surface area (Å²) in [6.07, 6.45) is 1.65. The number of aromatic nitrogens is 2. The Balaban J connectivity index is 1.80. The van der Waals surface area contributed by atoms with Gasteiger partial charge >= 0.3 is 0 Å². The molecule has 0 aliphatic heterocycles. The molecule has 0 aliphatic carbocycles. The summed E-state index contributed by atoms with van der Waals surface area (Å²) in [5.74, 6) is -0.256. The van der Waals surface area contributed by atoms with Crippen molar-refractivity contribution in [3.05, 3.63) is 72.1 Å². The highest BCUT2D eigenvalue weighted by atomic mass is 16.2. The third-order valence-corrected chi connectivity index (χ3v) is 3.18. The van der Waals surface area contributed by atoms with Crippen LogP contribution in [0.1, 0.15) is 23.0 Å². The van der Waals surface area contributed by atoms with Gasteiger partial charge in [0.25, 0.3) is 5.91 Å². The van der Waals surface area contributed by atoms with E-state index in [1.807, 2.05) is 30.3 Å². The lowest BCUT2D eigenvalue weighted by molar-refractivity contribution is 0.0955. The maximum absolute atomic E-state index is 11.9.